The maximum absolute atomic E-state index is 10.8. The Hall–Kier alpha value is -2.57. The summed E-state index contributed by atoms with van der Waals surface area (Å²) in [6.45, 7) is 0.0191. The van der Waals surface area contributed by atoms with E-state index in [1.165, 1.54) is 0 Å². The average Bonchev–Trinajstić information content (AvgIpc) is 2.85. The monoisotopic (exact) mass is 249 g/mol. The Morgan fingerprint density at radius 2 is 2.17 bits per heavy atom. The van der Waals surface area contributed by atoms with E-state index in [9.17, 15) is 4.79 Å². The van der Waals surface area contributed by atoms with Gasteiger partial charge in [0.2, 0.25) is 0 Å². The molecular formula is C11H11N3O4. The van der Waals surface area contributed by atoms with Crippen LogP contribution in [0.4, 0.5) is 0 Å². The van der Waals surface area contributed by atoms with Crippen molar-refractivity contribution in [1.82, 2.24) is 15.4 Å². The van der Waals surface area contributed by atoms with E-state index in [1.807, 2.05) is 0 Å². The van der Waals surface area contributed by atoms with Crippen LogP contribution in [0.1, 0.15) is 16.2 Å². The summed E-state index contributed by atoms with van der Waals surface area (Å²) in [5, 5.41) is 18.3. The molecule has 0 amide bonds. The van der Waals surface area contributed by atoms with Crippen LogP contribution in [0.5, 0.6) is 11.5 Å². The van der Waals surface area contributed by atoms with Gasteiger partial charge in [-0.1, -0.05) is 6.07 Å². The molecule has 1 aromatic carbocycles. The predicted octanol–water partition coefficient (Wildman–Crippen LogP) is 1.09. The molecule has 0 saturated carbocycles. The van der Waals surface area contributed by atoms with Crippen LogP contribution in [-0.4, -0.2) is 33.6 Å². The smallest absolute Gasteiger partial charge is 0.358 e. The van der Waals surface area contributed by atoms with Gasteiger partial charge in [-0.2, -0.15) is 10.3 Å². The van der Waals surface area contributed by atoms with Gasteiger partial charge in [-0.3, -0.25) is 0 Å². The van der Waals surface area contributed by atoms with Crippen LogP contribution in [0.2, 0.25) is 0 Å². The highest BCUT2D eigenvalue weighted by molar-refractivity contribution is 5.86. The largest absolute Gasteiger partial charge is 0.497 e. The van der Waals surface area contributed by atoms with E-state index >= 15 is 0 Å². The van der Waals surface area contributed by atoms with Crippen molar-refractivity contribution in [3.63, 3.8) is 0 Å². The van der Waals surface area contributed by atoms with Gasteiger partial charge in [-0.05, 0) is 12.1 Å². The van der Waals surface area contributed by atoms with Gasteiger partial charge in [0, 0.05) is 6.07 Å². The number of carbonyl (C=O) groups is 1. The van der Waals surface area contributed by atoms with Crippen LogP contribution in [0, 0.1) is 0 Å². The molecule has 0 radical (unpaired) electrons. The van der Waals surface area contributed by atoms with Crippen molar-refractivity contribution in [2.75, 3.05) is 7.11 Å². The van der Waals surface area contributed by atoms with Crippen LogP contribution in [-0.2, 0) is 6.61 Å². The minimum Gasteiger partial charge on any atom is -0.497 e. The second kappa shape index (κ2) is 5.17. The zero-order valence-electron chi connectivity index (χ0n) is 9.58. The fourth-order valence-electron chi connectivity index (χ4n) is 1.37. The maximum atomic E-state index is 10.8. The van der Waals surface area contributed by atoms with Crippen LogP contribution in [0.3, 0.4) is 0 Å². The number of nitrogens with zero attached hydrogens (tertiary/aromatic N) is 2. The molecule has 0 aliphatic rings. The molecule has 1 aromatic heterocycles. The highest BCUT2D eigenvalue weighted by atomic mass is 16.5. The van der Waals surface area contributed by atoms with Gasteiger partial charge in [0.15, 0.2) is 5.69 Å². The molecule has 7 nitrogen and oxygen atoms in total. The number of ether oxygens (including phenoxy) is 2. The number of aromatic amines is 1. The number of H-pyrrole nitrogens is 1. The molecule has 0 atom stereocenters. The first-order valence-corrected chi connectivity index (χ1v) is 5.10. The number of aromatic nitrogens is 3. The molecule has 0 fully saturated rings. The molecule has 2 rings (SSSR count). The summed E-state index contributed by atoms with van der Waals surface area (Å²) in [6.07, 6.45) is 0. The van der Waals surface area contributed by atoms with Gasteiger partial charge in [0.25, 0.3) is 0 Å². The van der Waals surface area contributed by atoms with Crippen LogP contribution in [0.25, 0.3) is 0 Å². The van der Waals surface area contributed by atoms with E-state index in [-0.39, 0.29) is 18.0 Å². The molecule has 2 aromatic rings. The van der Waals surface area contributed by atoms with E-state index in [1.54, 1.807) is 31.4 Å². The summed E-state index contributed by atoms with van der Waals surface area (Å²) in [5.74, 6) is 0.0767. The Kier molecular flexibility index (Phi) is 3.42. The zero-order valence-corrected chi connectivity index (χ0v) is 9.58. The minimum atomic E-state index is -1.15. The third-order valence-electron chi connectivity index (χ3n) is 2.24. The van der Waals surface area contributed by atoms with E-state index in [2.05, 4.69) is 15.4 Å². The van der Waals surface area contributed by atoms with Gasteiger partial charge in [-0.25, -0.2) is 4.79 Å². The van der Waals surface area contributed by atoms with Crippen molar-refractivity contribution in [1.29, 1.82) is 0 Å². The van der Waals surface area contributed by atoms with Crippen molar-refractivity contribution >= 4 is 5.97 Å². The first-order valence-electron chi connectivity index (χ1n) is 5.10. The fraction of sp³-hybridized carbons (Fsp3) is 0.182. The Morgan fingerprint density at radius 3 is 2.89 bits per heavy atom. The lowest BCUT2D eigenvalue weighted by Crippen LogP contribution is -2.05. The van der Waals surface area contributed by atoms with Gasteiger partial charge in [0.1, 0.15) is 23.8 Å². The number of benzene rings is 1. The highest BCUT2D eigenvalue weighted by Crippen LogP contribution is 2.19. The molecule has 94 valence electrons. The number of hydrogen-bond donors (Lipinski definition) is 2. The normalized spacial score (nSPS) is 10.1. The molecule has 0 aliphatic heterocycles. The highest BCUT2D eigenvalue weighted by Gasteiger charge is 2.15. The van der Waals surface area contributed by atoms with E-state index < -0.39 is 5.97 Å². The summed E-state index contributed by atoms with van der Waals surface area (Å²) in [6, 6.07) is 6.99. The van der Waals surface area contributed by atoms with Gasteiger partial charge >= 0.3 is 5.97 Å². The Morgan fingerprint density at radius 1 is 1.39 bits per heavy atom. The Balaban J connectivity index is 2.06. The van der Waals surface area contributed by atoms with Crippen molar-refractivity contribution in [2.45, 2.75) is 6.61 Å². The first kappa shape index (κ1) is 11.9. The summed E-state index contributed by atoms with van der Waals surface area (Å²) >= 11 is 0. The zero-order chi connectivity index (χ0) is 13.0. The van der Waals surface area contributed by atoms with Crippen molar-refractivity contribution in [3.05, 3.63) is 35.7 Å². The van der Waals surface area contributed by atoms with Gasteiger partial charge in [-0.15, -0.1) is 5.10 Å². The van der Waals surface area contributed by atoms with Crippen LogP contribution >= 0.6 is 0 Å². The number of nitrogens with one attached hydrogen (secondary N) is 1. The lowest BCUT2D eigenvalue weighted by atomic mass is 10.3. The molecule has 0 unspecified atom stereocenters. The Bertz CT molecular complexity index is 553. The molecule has 7 heteroatoms. The fourth-order valence-corrected chi connectivity index (χ4v) is 1.37. The lowest BCUT2D eigenvalue weighted by molar-refractivity contribution is 0.0687. The number of hydrogen-bond acceptors (Lipinski definition) is 5. The van der Waals surface area contributed by atoms with E-state index in [4.69, 9.17) is 14.6 Å². The molecule has 0 aliphatic carbocycles. The molecule has 18 heavy (non-hydrogen) atoms. The molecule has 1 heterocycles. The third kappa shape index (κ3) is 2.57. The quantitative estimate of drug-likeness (QED) is 0.823. The maximum Gasteiger partial charge on any atom is 0.358 e. The predicted molar refractivity (Wildman–Crippen MR) is 60.7 cm³/mol. The number of aromatic carboxylic acids is 1. The molecule has 0 spiro atoms. The van der Waals surface area contributed by atoms with Gasteiger partial charge in [0.05, 0.1) is 7.11 Å². The summed E-state index contributed by atoms with van der Waals surface area (Å²) in [4.78, 5) is 10.8. The standard InChI is InChI=1S/C11H11N3O4/c1-17-7-3-2-4-8(5-7)18-6-9-10(11(15)16)13-14-12-9/h2-5H,6H2,1H3,(H,15,16)(H,12,13,14). The van der Waals surface area contributed by atoms with Crippen molar-refractivity contribution in [2.24, 2.45) is 0 Å². The number of rotatable bonds is 5. The molecule has 0 saturated heterocycles. The molecular weight excluding hydrogens is 238 g/mol. The Labute approximate surface area is 102 Å². The third-order valence-corrected chi connectivity index (χ3v) is 2.24. The summed E-state index contributed by atoms with van der Waals surface area (Å²) in [5.41, 5.74) is 0.100. The van der Waals surface area contributed by atoms with Crippen molar-refractivity contribution in [3.8, 4) is 11.5 Å². The molecule has 2 N–H and O–H groups in total. The minimum absolute atomic E-state index is 0.0191. The summed E-state index contributed by atoms with van der Waals surface area (Å²) in [7, 11) is 1.55. The lowest BCUT2D eigenvalue weighted by Gasteiger charge is -2.06. The number of methoxy groups -OCH3 is 1. The first-order chi connectivity index (χ1) is 8.70. The van der Waals surface area contributed by atoms with E-state index in [0.29, 0.717) is 11.5 Å². The SMILES string of the molecule is COc1cccc(OCc2n[nH]nc2C(=O)O)c1. The number of carboxylic acid groups (broad SMARTS) is 1. The van der Waals surface area contributed by atoms with Crippen LogP contribution < -0.4 is 9.47 Å². The molecule has 0 bridgehead atoms. The van der Waals surface area contributed by atoms with Crippen LogP contribution in [0.15, 0.2) is 24.3 Å². The van der Waals surface area contributed by atoms with E-state index in [0.717, 1.165) is 0 Å². The second-order valence-electron chi connectivity index (χ2n) is 3.39. The second-order valence-corrected chi connectivity index (χ2v) is 3.39. The number of carboxylic acids is 1. The van der Waals surface area contributed by atoms with Crippen molar-refractivity contribution < 1.29 is 19.4 Å². The topological polar surface area (TPSA) is 97.3 Å². The van der Waals surface area contributed by atoms with Gasteiger partial charge < -0.3 is 14.6 Å². The average molecular weight is 249 g/mol. The summed E-state index contributed by atoms with van der Waals surface area (Å²) < 4.78 is 10.5.